The summed E-state index contributed by atoms with van der Waals surface area (Å²) in [5, 5.41) is 29.4. The zero-order valence-corrected chi connectivity index (χ0v) is 22.1. The number of anilines is 1. The number of aromatic nitrogens is 5. The number of rotatable bonds is 12. The van der Waals surface area contributed by atoms with Gasteiger partial charge in [0.2, 0.25) is 5.16 Å². The van der Waals surface area contributed by atoms with Gasteiger partial charge in [0, 0.05) is 16.9 Å². The molecule has 0 aliphatic carbocycles. The van der Waals surface area contributed by atoms with Crippen molar-refractivity contribution >= 4 is 75.1 Å². The van der Waals surface area contributed by atoms with Gasteiger partial charge in [-0.2, -0.15) is 0 Å². The molecule has 1 fully saturated rings. The zero-order chi connectivity index (χ0) is 26.5. The van der Waals surface area contributed by atoms with E-state index in [0.29, 0.717) is 23.0 Å². The number of carboxylic acids is 1. The van der Waals surface area contributed by atoms with Crippen LogP contribution in [-0.2, 0) is 25.8 Å². The Balaban J connectivity index is 1.48. The molecule has 4 rings (SSSR count). The lowest BCUT2D eigenvalue weighted by Crippen LogP contribution is -2.71. The lowest BCUT2D eigenvalue weighted by Gasteiger charge is -2.49. The van der Waals surface area contributed by atoms with Crippen molar-refractivity contribution < 1.29 is 24.3 Å². The molecule has 2 aromatic heterocycles. The number of carboxylic acid groups (broad SMARTS) is 1. The van der Waals surface area contributed by atoms with Crippen LogP contribution in [0.2, 0.25) is 0 Å². The van der Waals surface area contributed by atoms with Gasteiger partial charge in [0.15, 0.2) is 10.8 Å². The number of hydrogen-bond acceptors (Lipinski definition) is 13. The fourth-order valence-corrected chi connectivity index (χ4v) is 6.43. The topological polar surface area (TPSA) is 191 Å². The summed E-state index contributed by atoms with van der Waals surface area (Å²) in [6, 6.07) is -0.963. The summed E-state index contributed by atoms with van der Waals surface area (Å²) in [4.78, 5) is 48.4. The van der Waals surface area contributed by atoms with E-state index in [1.54, 1.807) is 6.08 Å². The van der Waals surface area contributed by atoms with Crippen molar-refractivity contribution in [2.45, 2.75) is 23.1 Å². The molecule has 0 radical (unpaired) electrons. The van der Waals surface area contributed by atoms with E-state index >= 15 is 0 Å². The maximum absolute atomic E-state index is 13.0. The fraction of sp³-hybridized carbons (Fsp3) is 0.368. The summed E-state index contributed by atoms with van der Waals surface area (Å²) in [5.41, 5.74) is 6.11. The molecule has 4 N–H and O–H groups in total. The van der Waals surface area contributed by atoms with Crippen LogP contribution in [0.1, 0.15) is 5.69 Å². The lowest BCUT2D eigenvalue weighted by molar-refractivity contribution is -0.150. The molecule has 1 unspecified atom stereocenters. The van der Waals surface area contributed by atoms with E-state index < -0.39 is 29.2 Å². The van der Waals surface area contributed by atoms with Crippen LogP contribution in [0.15, 0.2) is 39.6 Å². The quantitative estimate of drug-likeness (QED) is 0.0591. The third-order valence-electron chi connectivity index (χ3n) is 5.02. The number of aliphatic carboxylic acids is 1. The molecule has 196 valence electrons. The Kier molecular flexibility index (Phi) is 8.67. The fourth-order valence-electron chi connectivity index (χ4n) is 3.44. The van der Waals surface area contributed by atoms with Crippen molar-refractivity contribution in [3.8, 4) is 0 Å². The van der Waals surface area contributed by atoms with Gasteiger partial charge in [-0.3, -0.25) is 14.5 Å². The number of alkyl halides is 1. The van der Waals surface area contributed by atoms with Crippen LogP contribution >= 0.6 is 46.5 Å². The van der Waals surface area contributed by atoms with Crippen molar-refractivity contribution in [2.75, 3.05) is 29.7 Å². The second-order valence-electron chi connectivity index (χ2n) is 7.37. The highest BCUT2D eigenvalue weighted by Crippen LogP contribution is 2.41. The molecule has 37 heavy (non-hydrogen) atoms. The molecule has 0 saturated carbocycles. The Labute approximate surface area is 227 Å². The average molecular weight is 586 g/mol. The van der Waals surface area contributed by atoms with Crippen LogP contribution in [0.3, 0.4) is 0 Å². The van der Waals surface area contributed by atoms with Crippen LogP contribution < -0.4 is 11.1 Å². The van der Waals surface area contributed by atoms with Crippen molar-refractivity contribution in [1.82, 2.24) is 35.4 Å². The minimum Gasteiger partial charge on any atom is -0.477 e. The molecule has 2 aliphatic rings. The lowest BCUT2D eigenvalue weighted by atomic mass is 10.0. The number of oxime groups is 1. The monoisotopic (exact) mass is 585 g/mol. The number of thiazole rings is 1. The van der Waals surface area contributed by atoms with Crippen molar-refractivity contribution in [3.05, 3.63) is 35.0 Å². The molecule has 0 aromatic carbocycles. The minimum atomic E-state index is -1.24. The first-order valence-corrected chi connectivity index (χ1v) is 14.0. The summed E-state index contributed by atoms with van der Waals surface area (Å²) in [6.07, 6.45) is 1.64. The van der Waals surface area contributed by atoms with E-state index in [-0.39, 0.29) is 40.5 Å². The van der Waals surface area contributed by atoms with E-state index in [0.717, 1.165) is 11.3 Å². The average Bonchev–Trinajstić information content (AvgIpc) is 3.51. The van der Waals surface area contributed by atoms with Gasteiger partial charge in [-0.15, -0.1) is 46.4 Å². The summed E-state index contributed by atoms with van der Waals surface area (Å²) in [6.45, 7) is 4.11. The normalized spacial score (nSPS) is 19.3. The van der Waals surface area contributed by atoms with Gasteiger partial charge in [0.05, 0.1) is 12.4 Å². The first-order valence-electron chi connectivity index (χ1n) is 10.5. The molecular weight excluding hydrogens is 566 g/mol. The van der Waals surface area contributed by atoms with E-state index in [1.807, 2.05) is 0 Å². The number of amides is 2. The SMILES string of the molecule is C=CCn1nnnc1SCC1=C(C(=O)O)N2C(=O)C(NC(=O)/C(=N\OCCCl)c3csc(N)n3)[C@H]2SC1. The predicted molar refractivity (Wildman–Crippen MR) is 138 cm³/mol. The molecular formula is C19H20ClN9O5S3. The number of halogens is 1. The van der Waals surface area contributed by atoms with E-state index in [9.17, 15) is 19.5 Å². The van der Waals surface area contributed by atoms with Gasteiger partial charge in [0.25, 0.3) is 11.8 Å². The van der Waals surface area contributed by atoms with E-state index in [2.05, 4.69) is 37.6 Å². The van der Waals surface area contributed by atoms with Crippen molar-refractivity contribution in [1.29, 1.82) is 0 Å². The number of fused-ring (bicyclic) bond motifs is 1. The number of carbonyl (C=O) groups is 3. The molecule has 2 aromatic rings. The van der Waals surface area contributed by atoms with Crippen LogP contribution in [0.25, 0.3) is 0 Å². The Hall–Kier alpha value is -3.15. The maximum Gasteiger partial charge on any atom is 0.352 e. The minimum absolute atomic E-state index is 0.0556. The second kappa shape index (κ2) is 11.9. The molecule has 2 aliphatic heterocycles. The molecule has 4 heterocycles. The molecule has 18 heteroatoms. The van der Waals surface area contributed by atoms with Crippen molar-refractivity contribution in [3.63, 3.8) is 0 Å². The van der Waals surface area contributed by atoms with Gasteiger partial charge in [-0.05, 0) is 16.0 Å². The number of thioether (sulfide) groups is 2. The predicted octanol–water partition coefficient (Wildman–Crippen LogP) is 0.388. The second-order valence-corrected chi connectivity index (χ2v) is 10.7. The number of nitrogens with one attached hydrogen (secondary N) is 1. The number of nitrogens with two attached hydrogens (primary N) is 1. The number of hydrogen-bond donors (Lipinski definition) is 3. The number of allylic oxidation sites excluding steroid dienone is 1. The highest BCUT2D eigenvalue weighted by atomic mass is 35.5. The first kappa shape index (κ1) is 26.9. The number of β-lactam (4-membered cyclic amide) rings is 1. The number of nitrogen functional groups attached to an aromatic ring is 1. The third kappa shape index (κ3) is 5.73. The summed E-state index contributed by atoms with van der Waals surface area (Å²) < 4.78 is 1.53. The highest BCUT2D eigenvalue weighted by Gasteiger charge is 2.54. The summed E-state index contributed by atoms with van der Waals surface area (Å²) in [7, 11) is 0. The zero-order valence-electron chi connectivity index (χ0n) is 18.9. The number of nitrogens with zero attached hydrogens (tertiary/aromatic N) is 7. The Morgan fingerprint density at radius 3 is 2.97 bits per heavy atom. The smallest absolute Gasteiger partial charge is 0.352 e. The third-order valence-corrected chi connectivity index (χ3v) is 8.23. The van der Waals surface area contributed by atoms with Gasteiger partial charge < -0.3 is 21.0 Å². The van der Waals surface area contributed by atoms with Crippen molar-refractivity contribution in [2.24, 2.45) is 5.16 Å². The molecule has 0 bridgehead atoms. The van der Waals surface area contributed by atoms with Crippen LogP contribution in [-0.4, -0.2) is 94.1 Å². The van der Waals surface area contributed by atoms with Crippen LogP contribution in [0.4, 0.5) is 5.13 Å². The number of tetrazole rings is 1. The molecule has 14 nitrogen and oxygen atoms in total. The highest BCUT2D eigenvalue weighted by molar-refractivity contribution is 8.01. The van der Waals surface area contributed by atoms with Gasteiger partial charge in [-0.25, -0.2) is 14.5 Å². The Bertz CT molecular complexity index is 1280. The van der Waals surface area contributed by atoms with Gasteiger partial charge in [0.1, 0.15) is 29.4 Å². The molecule has 1 saturated heterocycles. The molecule has 2 atom stereocenters. The standard InChI is InChI=1S/C19H20ClN9O5S3/c1-2-4-28-19(24-26-27-28)37-7-9-6-35-16-12(15(31)29(16)13(9)17(32)33)23-14(30)11(25-34-5-3-20)10-8-36-18(21)22-10/h2,8,12,16H,1,3-7H2,(H2,21,22)(H,23,30)(H,32,33)/b25-11-/t12?,16-/m1/s1. The Morgan fingerprint density at radius 2 is 2.30 bits per heavy atom. The number of carbonyl (C=O) groups excluding carboxylic acids is 2. The largest absolute Gasteiger partial charge is 0.477 e. The van der Waals surface area contributed by atoms with Gasteiger partial charge in [-0.1, -0.05) is 23.0 Å². The molecule has 2 amide bonds. The van der Waals surface area contributed by atoms with Gasteiger partial charge >= 0.3 is 5.97 Å². The van der Waals surface area contributed by atoms with E-state index in [4.69, 9.17) is 22.2 Å². The Morgan fingerprint density at radius 1 is 1.49 bits per heavy atom. The molecule has 0 spiro atoms. The summed E-state index contributed by atoms with van der Waals surface area (Å²) in [5.74, 6) is -1.75. The first-order chi connectivity index (χ1) is 17.8. The van der Waals surface area contributed by atoms with Crippen LogP contribution in [0.5, 0.6) is 0 Å². The van der Waals surface area contributed by atoms with E-state index in [1.165, 1.54) is 38.5 Å². The summed E-state index contributed by atoms with van der Waals surface area (Å²) >= 11 is 9.31. The van der Waals surface area contributed by atoms with Crippen LogP contribution in [0, 0.1) is 0 Å². The maximum atomic E-state index is 13.0.